The lowest BCUT2D eigenvalue weighted by atomic mass is 9.98. The molecule has 0 saturated heterocycles. The van der Waals surface area contributed by atoms with Crippen LogP contribution in [0.5, 0.6) is 0 Å². The van der Waals surface area contributed by atoms with Crippen molar-refractivity contribution in [1.29, 1.82) is 0 Å². The molecule has 0 saturated carbocycles. The van der Waals surface area contributed by atoms with Gasteiger partial charge in [0, 0.05) is 10.5 Å². The summed E-state index contributed by atoms with van der Waals surface area (Å²) in [6.45, 7) is 2.19. The summed E-state index contributed by atoms with van der Waals surface area (Å²) in [5, 5.41) is 3.40. The van der Waals surface area contributed by atoms with Gasteiger partial charge in [-0.3, -0.25) is 0 Å². The number of likely N-dealkylation sites (N-methyl/N-ethyl adjacent to an activating group) is 1. The second-order valence-corrected chi connectivity index (χ2v) is 5.68. The number of nitrogens with one attached hydrogen (secondary N) is 1. The summed E-state index contributed by atoms with van der Waals surface area (Å²) in [4.78, 5) is 0. The third-order valence-corrected chi connectivity index (χ3v) is 4.02. The van der Waals surface area contributed by atoms with Crippen molar-refractivity contribution in [3.05, 3.63) is 69.7 Å². The van der Waals surface area contributed by atoms with Crippen molar-refractivity contribution in [2.24, 2.45) is 0 Å². The zero-order valence-electron chi connectivity index (χ0n) is 11.5. The van der Waals surface area contributed by atoms with E-state index in [9.17, 15) is 0 Å². The van der Waals surface area contributed by atoms with Crippen LogP contribution in [-0.2, 0) is 12.8 Å². The third kappa shape index (κ3) is 3.92. The van der Waals surface area contributed by atoms with Crippen molar-refractivity contribution in [2.75, 3.05) is 7.05 Å². The van der Waals surface area contributed by atoms with Crippen LogP contribution in [0.4, 0.5) is 0 Å². The first-order valence-electron chi connectivity index (χ1n) is 6.73. The van der Waals surface area contributed by atoms with E-state index in [-0.39, 0.29) is 0 Å². The Bertz CT molecular complexity index is 502. The Hall–Kier alpha value is -1.12. The highest BCUT2D eigenvalue weighted by Gasteiger charge is 2.09. The zero-order chi connectivity index (χ0) is 13.7. The molecule has 0 amide bonds. The zero-order valence-corrected chi connectivity index (χ0v) is 13.1. The first kappa shape index (κ1) is 14.3. The van der Waals surface area contributed by atoms with Crippen molar-refractivity contribution in [3.8, 4) is 0 Å². The van der Waals surface area contributed by atoms with E-state index in [1.165, 1.54) is 16.7 Å². The van der Waals surface area contributed by atoms with E-state index in [4.69, 9.17) is 0 Å². The molecule has 1 unspecified atom stereocenters. The molecular formula is C17H20BrN. The Balaban J connectivity index is 2.11. The van der Waals surface area contributed by atoms with Crippen molar-refractivity contribution in [3.63, 3.8) is 0 Å². The van der Waals surface area contributed by atoms with Gasteiger partial charge >= 0.3 is 0 Å². The van der Waals surface area contributed by atoms with Crippen molar-refractivity contribution < 1.29 is 0 Å². The van der Waals surface area contributed by atoms with Crippen LogP contribution < -0.4 is 5.32 Å². The molecule has 0 spiro atoms. The highest BCUT2D eigenvalue weighted by atomic mass is 79.9. The Morgan fingerprint density at radius 3 is 2.05 bits per heavy atom. The number of halogens is 1. The van der Waals surface area contributed by atoms with Gasteiger partial charge in [-0.1, -0.05) is 59.3 Å². The fourth-order valence-corrected chi connectivity index (χ4v) is 2.49. The first-order chi connectivity index (χ1) is 9.22. The summed E-state index contributed by atoms with van der Waals surface area (Å²) in [6, 6.07) is 17.8. The van der Waals surface area contributed by atoms with E-state index in [1.807, 2.05) is 7.05 Å². The summed E-state index contributed by atoms with van der Waals surface area (Å²) in [5.41, 5.74) is 4.10. The Labute approximate surface area is 124 Å². The Morgan fingerprint density at radius 2 is 1.53 bits per heavy atom. The van der Waals surface area contributed by atoms with Crippen LogP contribution in [0, 0.1) is 0 Å². The molecule has 1 nitrogen and oxygen atoms in total. The van der Waals surface area contributed by atoms with Crippen LogP contribution in [0.3, 0.4) is 0 Å². The van der Waals surface area contributed by atoms with Gasteiger partial charge in [0.1, 0.15) is 0 Å². The molecule has 0 aromatic heterocycles. The molecule has 2 heteroatoms. The van der Waals surface area contributed by atoms with Gasteiger partial charge < -0.3 is 5.32 Å². The fourth-order valence-electron chi connectivity index (χ4n) is 2.23. The van der Waals surface area contributed by atoms with Crippen molar-refractivity contribution >= 4 is 15.9 Å². The summed E-state index contributed by atoms with van der Waals surface area (Å²) in [6.07, 6.45) is 2.12. The average Bonchev–Trinajstić information content (AvgIpc) is 2.46. The van der Waals surface area contributed by atoms with Crippen LogP contribution >= 0.6 is 15.9 Å². The standard InChI is InChI=1S/C17H20BrN/c1-3-13-4-6-14(7-5-13)12-17(19-2)15-8-10-16(18)11-9-15/h4-11,17,19H,3,12H2,1-2H3. The summed E-state index contributed by atoms with van der Waals surface area (Å²) in [7, 11) is 2.02. The Morgan fingerprint density at radius 1 is 0.947 bits per heavy atom. The van der Waals surface area contributed by atoms with E-state index in [2.05, 4.69) is 76.7 Å². The lowest BCUT2D eigenvalue weighted by Gasteiger charge is -2.17. The number of benzene rings is 2. The van der Waals surface area contributed by atoms with Crippen LogP contribution in [0.15, 0.2) is 53.0 Å². The molecule has 0 aliphatic rings. The predicted octanol–water partition coefficient (Wildman–Crippen LogP) is 4.51. The Kier molecular flexibility index (Phi) is 5.17. The van der Waals surface area contributed by atoms with Crippen LogP contribution in [0.25, 0.3) is 0 Å². The summed E-state index contributed by atoms with van der Waals surface area (Å²) >= 11 is 3.48. The maximum absolute atomic E-state index is 3.48. The molecule has 100 valence electrons. The van der Waals surface area contributed by atoms with Crippen molar-refractivity contribution in [2.45, 2.75) is 25.8 Å². The normalized spacial score (nSPS) is 12.4. The van der Waals surface area contributed by atoms with Gasteiger partial charge in [0.05, 0.1) is 0 Å². The summed E-state index contributed by atoms with van der Waals surface area (Å²) < 4.78 is 1.12. The molecule has 2 aromatic carbocycles. The molecule has 1 N–H and O–H groups in total. The van der Waals surface area contributed by atoms with E-state index in [1.54, 1.807) is 0 Å². The number of hydrogen-bond donors (Lipinski definition) is 1. The van der Waals surface area contributed by atoms with Crippen LogP contribution in [-0.4, -0.2) is 7.05 Å². The van der Waals surface area contributed by atoms with Gasteiger partial charge in [-0.25, -0.2) is 0 Å². The maximum atomic E-state index is 3.48. The second kappa shape index (κ2) is 6.88. The van der Waals surface area contributed by atoms with Gasteiger partial charge in [0.2, 0.25) is 0 Å². The smallest absolute Gasteiger partial charge is 0.0358 e. The molecule has 0 radical (unpaired) electrons. The molecule has 2 aromatic rings. The SMILES string of the molecule is CCc1ccc(CC(NC)c2ccc(Br)cc2)cc1. The third-order valence-electron chi connectivity index (χ3n) is 3.49. The molecule has 0 aliphatic heterocycles. The molecule has 0 heterocycles. The molecule has 0 bridgehead atoms. The lowest BCUT2D eigenvalue weighted by Crippen LogP contribution is -2.18. The topological polar surface area (TPSA) is 12.0 Å². The molecule has 19 heavy (non-hydrogen) atoms. The minimum absolute atomic E-state index is 0.362. The fraction of sp³-hybridized carbons (Fsp3) is 0.294. The highest BCUT2D eigenvalue weighted by Crippen LogP contribution is 2.20. The number of rotatable bonds is 5. The maximum Gasteiger partial charge on any atom is 0.0358 e. The van der Waals surface area contributed by atoms with E-state index >= 15 is 0 Å². The molecule has 0 aliphatic carbocycles. The molecule has 0 fully saturated rings. The van der Waals surface area contributed by atoms with E-state index < -0.39 is 0 Å². The van der Waals surface area contributed by atoms with Gasteiger partial charge in [-0.2, -0.15) is 0 Å². The number of aryl methyl sites for hydroxylation is 1. The van der Waals surface area contributed by atoms with Gasteiger partial charge in [-0.15, -0.1) is 0 Å². The largest absolute Gasteiger partial charge is 0.313 e. The monoisotopic (exact) mass is 317 g/mol. The van der Waals surface area contributed by atoms with Gasteiger partial charge in [0.15, 0.2) is 0 Å². The predicted molar refractivity (Wildman–Crippen MR) is 85.5 cm³/mol. The van der Waals surface area contributed by atoms with Gasteiger partial charge in [0.25, 0.3) is 0 Å². The van der Waals surface area contributed by atoms with E-state index in [0.29, 0.717) is 6.04 Å². The second-order valence-electron chi connectivity index (χ2n) is 4.77. The highest BCUT2D eigenvalue weighted by molar-refractivity contribution is 9.10. The lowest BCUT2D eigenvalue weighted by molar-refractivity contribution is 0.592. The van der Waals surface area contributed by atoms with E-state index in [0.717, 1.165) is 17.3 Å². The first-order valence-corrected chi connectivity index (χ1v) is 7.52. The quantitative estimate of drug-likeness (QED) is 0.855. The number of hydrogen-bond acceptors (Lipinski definition) is 1. The van der Waals surface area contributed by atoms with Crippen LogP contribution in [0.2, 0.25) is 0 Å². The average molecular weight is 318 g/mol. The minimum atomic E-state index is 0.362. The summed E-state index contributed by atoms with van der Waals surface area (Å²) in [5.74, 6) is 0. The minimum Gasteiger partial charge on any atom is -0.313 e. The van der Waals surface area contributed by atoms with Crippen LogP contribution in [0.1, 0.15) is 29.7 Å². The van der Waals surface area contributed by atoms with Crippen molar-refractivity contribution in [1.82, 2.24) is 5.32 Å². The van der Waals surface area contributed by atoms with Gasteiger partial charge in [-0.05, 0) is 48.7 Å². The molecule has 2 rings (SSSR count). The molecular weight excluding hydrogens is 298 g/mol. The molecule has 1 atom stereocenters.